The van der Waals surface area contributed by atoms with Gasteiger partial charge in [0.25, 0.3) is 5.91 Å². The van der Waals surface area contributed by atoms with E-state index in [1.165, 1.54) is 0 Å². The first-order valence-corrected chi connectivity index (χ1v) is 6.21. The van der Waals surface area contributed by atoms with Crippen molar-refractivity contribution in [2.45, 2.75) is 6.92 Å². The number of aryl methyl sites for hydroxylation is 1. The summed E-state index contributed by atoms with van der Waals surface area (Å²) in [4.78, 5) is 18.2. The number of rotatable bonds is 1. The van der Waals surface area contributed by atoms with E-state index in [1.54, 1.807) is 29.4 Å². The van der Waals surface area contributed by atoms with Gasteiger partial charge in [-0.05, 0) is 36.8 Å². The molecular weight excluding hydrogens is 240 g/mol. The summed E-state index contributed by atoms with van der Waals surface area (Å²) in [6.45, 7) is 3.09. The van der Waals surface area contributed by atoms with E-state index in [2.05, 4.69) is 4.98 Å². The Morgan fingerprint density at radius 2 is 2.05 bits per heavy atom. The normalized spacial score (nSPS) is 13.6. The Kier molecular flexibility index (Phi) is 2.91. The summed E-state index contributed by atoms with van der Waals surface area (Å²) in [5.41, 5.74) is 2.59. The van der Waals surface area contributed by atoms with Crippen LogP contribution in [0.1, 0.15) is 15.9 Å². The molecule has 0 spiro atoms. The number of anilines is 1. The van der Waals surface area contributed by atoms with Gasteiger partial charge in [-0.3, -0.25) is 9.78 Å². The number of benzene rings is 1. The van der Waals surface area contributed by atoms with Crippen LogP contribution in [-0.4, -0.2) is 24.0 Å². The topological polar surface area (TPSA) is 42.4 Å². The van der Waals surface area contributed by atoms with Gasteiger partial charge in [0.15, 0.2) is 0 Å². The first-order valence-electron chi connectivity index (χ1n) is 6.21. The van der Waals surface area contributed by atoms with Gasteiger partial charge in [0.05, 0.1) is 12.2 Å². The molecule has 0 saturated heterocycles. The van der Waals surface area contributed by atoms with E-state index >= 15 is 0 Å². The molecule has 4 heteroatoms. The fourth-order valence-electron chi connectivity index (χ4n) is 2.19. The van der Waals surface area contributed by atoms with E-state index in [0.717, 1.165) is 17.0 Å². The molecule has 0 N–H and O–H groups in total. The number of aromatic nitrogens is 1. The van der Waals surface area contributed by atoms with E-state index in [9.17, 15) is 4.79 Å². The minimum atomic E-state index is -0.0162. The van der Waals surface area contributed by atoms with E-state index in [4.69, 9.17) is 4.74 Å². The van der Waals surface area contributed by atoms with Crippen LogP contribution >= 0.6 is 0 Å². The van der Waals surface area contributed by atoms with Gasteiger partial charge < -0.3 is 9.64 Å². The Hall–Kier alpha value is -2.36. The smallest absolute Gasteiger partial charge is 0.258 e. The van der Waals surface area contributed by atoms with Crippen LogP contribution in [0.25, 0.3) is 0 Å². The highest BCUT2D eigenvalue weighted by Gasteiger charge is 2.24. The third-order valence-corrected chi connectivity index (χ3v) is 3.15. The Bertz CT molecular complexity index is 611. The van der Waals surface area contributed by atoms with Gasteiger partial charge in [-0.2, -0.15) is 0 Å². The lowest BCUT2D eigenvalue weighted by Gasteiger charge is -2.29. The summed E-state index contributed by atoms with van der Waals surface area (Å²) in [7, 11) is 0. The molecule has 19 heavy (non-hydrogen) atoms. The van der Waals surface area contributed by atoms with Crippen molar-refractivity contribution in [3.63, 3.8) is 0 Å². The van der Waals surface area contributed by atoms with E-state index in [1.807, 2.05) is 25.1 Å². The maximum atomic E-state index is 12.5. The molecule has 3 rings (SSSR count). The van der Waals surface area contributed by atoms with Crippen LogP contribution in [0.2, 0.25) is 0 Å². The van der Waals surface area contributed by atoms with Crippen molar-refractivity contribution in [3.05, 3.63) is 53.9 Å². The lowest BCUT2D eigenvalue weighted by atomic mass is 10.1. The molecule has 1 amide bonds. The third-order valence-electron chi connectivity index (χ3n) is 3.15. The molecule has 2 aromatic rings. The highest BCUT2D eigenvalue weighted by molar-refractivity contribution is 6.07. The second-order valence-electron chi connectivity index (χ2n) is 4.51. The van der Waals surface area contributed by atoms with E-state index in [-0.39, 0.29) is 5.91 Å². The maximum absolute atomic E-state index is 12.5. The van der Waals surface area contributed by atoms with Crippen LogP contribution in [0.5, 0.6) is 5.75 Å². The summed E-state index contributed by atoms with van der Waals surface area (Å²) in [5.74, 6) is 0.747. The van der Waals surface area contributed by atoms with Crippen molar-refractivity contribution in [1.29, 1.82) is 0 Å². The number of hydrogen-bond donors (Lipinski definition) is 0. The summed E-state index contributed by atoms with van der Waals surface area (Å²) in [5, 5.41) is 0. The van der Waals surface area contributed by atoms with Gasteiger partial charge >= 0.3 is 0 Å². The predicted octanol–water partition coefficient (Wildman–Crippen LogP) is 2.43. The maximum Gasteiger partial charge on any atom is 0.258 e. The summed E-state index contributed by atoms with van der Waals surface area (Å²) < 4.78 is 5.59. The van der Waals surface area contributed by atoms with Crippen molar-refractivity contribution >= 4 is 11.6 Å². The van der Waals surface area contributed by atoms with Crippen LogP contribution in [0, 0.1) is 6.92 Å². The number of nitrogens with zero attached hydrogens (tertiary/aromatic N) is 2. The lowest BCUT2D eigenvalue weighted by molar-refractivity contribution is 0.0976. The average molecular weight is 254 g/mol. The third kappa shape index (κ3) is 2.17. The number of amides is 1. The largest absolute Gasteiger partial charge is 0.490 e. The van der Waals surface area contributed by atoms with E-state index < -0.39 is 0 Å². The second-order valence-corrected chi connectivity index (χ2v) is 4.51. The number of ether oxygens (including phenoxy) is 1. The lowest BCUT2D eigenvalue weighted by Crippen LogP contribution is -2.38. The van der Waals surface area contributed by atoms with Crippen molar-refractivity contribution in [1.82, 2.24) is 4.98 Å². The second kappa shape index (κ2) is 4.72. The summed E-state index contributed by atoms with van der Waals surface area (Å²) in [6, 6.07) is 9.34. The predicted molar refractivity (Wildman–Crippen MR) is 72.6 cm³/mol. The Balaban J connectivity index is 2.00. The molecule has 0 radical (unpaired) electrons. The Morgan fingerprint density at radius 1 is 1.26 bits per heavy atom. The fraction of sp³-hybridized carbons (Fsp3) is 0.200. The number of carbonyl (C=O) groups excluding carboxylic acids is 1. The minimum absolute atomic E-state index is 0.0162. The molecule has 2 heterocycles. The average Bonchev–Trinajstić information content (AvgIpc) is 2.47. The molecule has 1 aromatic carbocycles. The van der Waals surface area contributed by atoms with Gasteiger partial charge in [-0.25, -0.2) is 0 Å². The number of pyridine rings is 1. The van der Waals surface area contributed by atoms with E-state index in [0.29, 0.717) is 18.7 Å². The minimum Gasteiger partial charge on any atom is -0.490 e. The first-order chi connectivity index (χ1) is 9.25. The molecule has 0 fully saturated rings. The monoisotopic (exact) mass is 254 g/mol. The Labute approximate surface area is 111 Å². The van der Waals surface area contributed by atoms with Crippen molar-refractivity contribution in [3.8, 4) is 5.75 Å². The van der Waals surface area contributed by atoms with Gasteiger partial charge in [0, 0.05) is 18.0 Å². The Morgan fingerprint density at radius 3 is 2.84 bits per heavy atom. The zero-order valence-electron chi connectivity index (χ0n) is 10.7. The highest BCUT2D eigenvalue weighted by Crippen LogP contribution is 2.33. The molecule has 1 aliphatic heterocycles. The molecule has 0 unspecified atom stereocenters. The van der Waals surface area contributed by atoms with Crippen LogP contribution in [0.15, 0.2) is 42.7 Å². The van der Waals surface area contributed by atoms with Crippen molar-refractivity contribution in [2.75, 3.05) is 18.1 Å². The summed E-state index contributed by atoms with van der Waals surface area (Å²) >= 11 is 0. The number of fused-ring (bicyclic) bond motifs is 1. The standard InChI is InChI=1S/C15H14N2O2/c1-11-2-3-14-13(10-11)17(8-9-19-14)15(18)12-4-6-16-7-5-12/h2-7,10H,8-9H2,1H3. The molecule has 0 aliphatic carbocycles. The molecular formula is C15H14N2O2. The van der Waals surface area contributed by atoms with Crippen molar-refractivity contribution in [2.24, 2.45) is 0 Å². The van der Waals surface area contributed by atoms with Crippen molar-refractivity contribution < 1.29 is 9.53 Å². The molecule has 0 saturated carbocycles. The van der Waals surface area contributed by atoms with Crippen LogP contribution in [0.3, 0.4) is 0 Å². The SMILES string of the molecule is Cc1ccc2c(c1)N(C(=O)c1ccncc1)CCO2. The van der Waals surface area contributed by atoms with Crippen LogP contribution in [-0.2, 0) is 0 Å². The zero-order chi connectivity index (χ0) is 13.2. The number of hydrogen-bond acceptors (Lipinski definition) is 3. The molecule has 0 bridgehead atoms. The first kappa shape index (κ1) is 11.7. The molecule has 0 atom stereocenters. The molecule has 1 aromatic heterocycles. The van der Waals surface area contributed by atoms with Gasteiger partial charge in [0.2, 0.25) is 0 Å². The van der Waals surface area contributed by atoms with Gasteiger partial charge in [-0.15, -0.1) is 0 Å². The van der Waals surface area contributed by atoms with Crippen LogP contribution < -0.4 is 9.64 Å². The molecule has 96 valence electrons. The fourth-order valence-corrected chi connectivity index (χ4v) is 2.19. The van der Waals surface area contributed by atoms with Gasteiger partial charge in [0.1, 0.15) is 12.4 Å². The molecule has 1 aliphatic rings. The highest BCUT2D eigenvalue weighted by atomic mass is 16.5. The van der Waals surface area contributed by atoms with Gasteiger partial charge in [-0.1, -0.05) is 6.07 Å². The quantitative estimate of drug-likeness (QED) is 0.785. The summed E-state index contributed by atoms with van der Waals surface area (Å²) in [6.07, 6.45) is 3.26. The number of carbonyl (C=O) groups is 1. The zero-order valence-corrected chi connectivity index (χ0v) is 10.7. The van der Waals surface area contributed by atoms with Crippen LogP contribution in [0.4, 0.5) is 5.69 Å². The molecule has 4 nitrogen and oxygen atoms in total.